The van der Waals surface area contributed by atoms with Crippen molar-refractivity contribution in [1.82, 2.24) is 10.2 Å². The van der Waals surface area contributed by atoms with Crippen LogP contribution in [0.1, 0.15) is 40.0 Å². The summed E-state index contributed by atoms with van der Waals surface area (Å²) in [4.78, 5) is 38.4. The first-order valence-electron chi connectivity index (χ1n) is 9.78. The van der Waals surface area contributed by atoms with Gasteiger partial charge in [-0.1, -0.05) is 20.8 Å². The summed E-state index contributed by atoms with van der Waals surface area (Å²) < 4.78 is 23.3. The predicted octanol–water partition coefficient (Wildman–Crippen LogP) is 2.88. The third-order valence-electron chi connectivity index (χ3n) is 5.34. The quantitative estimate of drug-likeness (QED) is 0.446. The molecule has 0 radical (unpaired) electrons. The number of nitrogens with one attached hydrogen (secondary N) is 1. The van der Waals surface area contributed by atoms with Gasteiger partial charge in [0.1, 0.15) is 36.9 Å². The van der Waals surface area contributed by atoms with Gasteiger partial charge in [-0.25, -0.2) is 9.18 Å². The number of rotatable bonds is 6. The standard InChI is InChI=1S/C21H27FN2O5/c1-14-10-20(2,3)13-21(11-14)18(26)24(19(27)23-21)12-17(25)29-9-8-28-16-6-4-15(22)5-7-16/h4-7,14H,8-13H2,1-3H3,(H,23,27). The maximum atomic E-state index is 13.0. The van der Waals surface area contributed by atoms with Gasteiger partial charge in [-0.2, -0.15) is 0 Å². The fraction of sp³-hybridized carbons (Fsp3) is 0.571. The Morgan fingerprint density at radius 3 is 2.55 bits per heavy atom. The van der Waals surface area contributed by atoms with E-state index in [1.807, 2.05) is 0 Å². The van der Waals surface area contributed by atoms with Gasteiger partial charge in [-0.3, -0.25) is 14.5 Å². The van der Waals surface area contributed by atoms with E-state index in [1.165, 1.54) is 24.3 Å². The lowest BCUT2D eigenvalue weighted by atomic mass is 9.64. The van der Waals surface area contributed by atoms with E-state index in [4.69, 9.17) is 9.47 Å². The van der Waals surface area contributed by atoms with Crippen molar-refractivity contribution in [3.63, 3.8) is 0 Å². The summed E-state index contributed by atoms with van der Waals surface area (Å²) >= 11 is 0. The van der Waals surface area contributed by atoms with E-state index in [9.17, 15) is 18.8 Å². The van der Waals surface area contributed by atoms with Crippen molar-refractivity contribution in [2.24, 2.45) is 11.3 Å². The van der Waals surface area contributed by atoms with Gasteiger partial charge in [-0.15, -0.1) is 0 Å². The third kappa shape index (κ3) is 4.86. The Hall–Kier alpha value is -2.64. The molecule has 2 atom stereocenters. The number of hydrogen-bond acceptors (Lipinski definition) is 5. The second-order valence-electron chi connectivity index (χ2n) is 8.78. The number of amides is 3. The van der Waals surface area contributed by atoms with E-state index in [2.05, 4.69) is 26.1 Å². The minimum absolute atomic E-state index is 0.0466. The van der Waals surface area contributed by atoms with Gasteiger partial charge in [0.25, 0.3) is 5.91 Å². The summed E-state index contributed by atoms with van der Waals surface area (Å²) in [7, 11) is 0. The maximum absolute atomic E-state index is 13.0. The molecule has 1 spiro atoms. The van der Waals surface area contributed by atoms with Crippen LogP contribution in [0.25, 0.3) is 0 Å². The molecule has 158 valence electrons. The normalized spacial score (nSPS) is 25.8. The Bertz CT molecular complexity index is 795. The van der Waals surface area contributed by atoms with E-state index >= 15 is 0 Å². The van der Waals surface area contributed by atoms with Crippen molar-refractivity contribution in [2.45, 2.75) is 45.6 Å². The molecule has 2 fully saturated rings. The molecule has 7 nitrogen and oxygen atoms in total. The molecule has 1 saturated carbocycles. The van der Waals surface area contributed by atoms with Gasteiger partial charge in [-0.05, 0) is 54.9 Å². The zero-order chi connectivity index (χ0) is 21.2. The molecule has 29 heavy (non-hydrogen) atoms. The number of esters is 1. The Labute approximate surface area is 169 Å². The number of benzene rings is 1. The van der Waals surface area contributed by atoms with Crippen molar-refractivity contribution in [3.8, 4) is 5.75 Å². The molecule has 8 heteroatoms. The van der Waals surface area contributed by atoms with Crippen LogP contribution in [0.2, 0.25) is 0 Å². The maximum Gasteiger partial charge on any atom is 0.326 e. The Kier molecular flexibility index (Phi) is 5.82. The summed E-state index contributed by atoms with van der Waals surface area (Å²) in [6, 6.07) is 4.91. The van der Waals surface area contributed by atoms with Gasteiger partial charge in [0.15, 0.2) is 0 Å². The molecule has 1 heterocycles. The minimum Gasteiger partial charge on any atom is -0.490 e. The second kappa shape index (κ2) is 8.00. The van der Waals surface area contributed by atoms with Crippen molar-refractivity contribution in [1.29, 1.82) is 0 Å². The molecule has 1 aromatic rings. The zero-order valence-corrected chi connectivity index (χ0v) is 17.0. The van der Waals surface area contributed by atoms with Crippen molar-refractivity contribution in [3.05, 3.63) is 30.1 Å². The van der Waals surface area contributed by atoms with Gasteiger partial charge < -0.3 is 14.8 Å². The lowest BCUT2D eigenvalue weighted by molar-refractivity contribution is -0.149. The third-order valence-corrected chi connectivity index (χ3v) is 5.34. The number of imide groups is 1. The monoisotopic (exact) mass is 406 g/mol. The van der Waals surface area contributed by atoms with E-state index < -0.39 is 24.1 Å². The number of halogens is 1. The summed E-state index contributed by atoms with van der Waals surface area (Å²) in [6.07, 6.45) is 2.10. The highest BCUT2D eigenvalue weighted by atomic mass is 19.1. The van der Waals surface area contributed by atoms with Gasteiger partial charge in [0, 0.05) is 0 Å². The van der Waals surface area contributed by atoms with E-state index in [1.54, 1.807) is 0 Å². The molecule has 1 N–H and O–H groups in total. The molecular weight excluding hydrogens is 379 g/mol. The Morgan fingerprint density at radius 1 is 1.21 bits per heavy atom. The molecule has 0 aromatic heterocycles. The SMILES string of the molecule is CC1CC(C)(C)CC2(C1)NC(=O)N(CC(=O)OCCOc1ccc(F)cc1)C2=O. The van der Waals surface area contributed by atoms with Crippen LogP contribution in [-0.4, -0.2) is 48.1 Å². The first kappa shape index (κ1) is 21.1. The average Bonchev–Trinajstić information content (AvgIpc) is 2.82. The van der Waals surface area contributed by atoms with Gasteiger partial charge in [0.2, 0.25) is 0 Å². The first-order chi connectivity index (χ1) is 13.6. The average molecular weight is 406 g/mol. The van der Waals surface area contributed by atoms with Crippen LogP contribution >= 0.6 is 0 Å². The molecule has 2 unspecified atom stereocenters. The Balaban J connectivity index is 1.50. The topological polar surface area (TPSA) is 84.9 Å². The highest BCUT2D eigenvalue weighted by molar-refractivity contribution is 6.08. The van der Waals surface area contributed by atoms with Crippen molar-refractivity contribution in [2.75, 3.05) is 19.8 Å². The zero-order valence-electron chi connectivity index (χ0n) is 17.0. The number of ether oxygens (including phenoxy) is 2. The van der Waals surface area contributed by atoms with E-state index in [-0.39, 0.29) is 30.4 Å². The summed E-state index contributed by atoms with van der Waals surface area (Å²) in [5, 5.41) is 2.83. The highest BCUT2D eigenvalue weighted by Crippen LogP contribution is 2.46. The second-order valence-corrected chi connectivity index (χ2v) is 8.78. The molecular formula is C21H27FN2O5. The largest absolute Gasteiger partial charge is 0.490 e. The minimum atomic E-state index is -0.940. The molecule has 1 aliphatic carbocycles. The lowest BCUT2D eigenvalue weighted by Gasteiger charge is -2.43. The van der Waals surface area contributed by atoms with Crippen LogP contribution in [0.4, 0.5) is 9.18 Å². The highest BCUT2D eigenvalue weighted by Gasteiger charge is 2.56. The fourth-order valence-corrected chi connectivity index (χ4v) is 4.67. The molecule has 3 rings (SSSR count). The smallest absolute Gasteiger partial charge is 0.326 e. The summed E-state index contributed by atoms with van der Waals surface area (Å²) in [5.41, 5.74) is -1.01. The summed E-state index contributed by atoms with van der Waals surface area (Å²) in [6.45, 7) is 5.84. The van der Waals surface area contributed by atoms with Gasteiger partial charge in [0.05, 0.1) is 0 Å². The van der Waals surface area contributed by atoms with Crippen molar-refractivity contribution >= 4 is 17.9 Å². The number of urea groups is 1. The molecule has 1 aliphatic heterocycles. The van der Waals surface area contributed by atoms with Crippen LogP contribution < -0.4 is 10.1 Å². The fourth-order valence-electron chi connectivity index (χ4n) is 4.67. The van der Waals surface area contributed by atoms with E-state index in [0.29, 0.717) is 24.5 Å². The lowest BCUT2D eigenvalue weighted by Crippen LogP contribution is -2.54. The van der Waals surface area contributed by atoms with Crippen LogP contribution in [-0.2, 0) is 14.3 Å². The van der Waals surface area contributed by atoms with Crippen LogP contribution in [0.15, 0.2) is 24.3 Å². The first-order valence-corrected chi connectivity index (χ1v) is 9.78. The summed E-state index contributed by atoms with van der Waals surface area (Å²) in [5.74, 6) is -0.671. The Morgan fingerprint density at radius 2 is 1.90 bits per heavy atom. The number of nitrogens with zero attached hydrogens (tertiary/aromatic N) is 1. The van der Waals surface area contributed by atoms with Crippen LogP contribution in [0.5, 0.6) is 5.75 Å². The molecule has 1 aromatic carbocycles. The number of carbonyl (C=O) groups is 3. The molecule has 3 amide bonds. The predicted molar refractivity (Wildman–Crippen MR) is 103 cm³/mol. The number of carbonyl (C=O) groups excluding carboxylic acids is 3. The molecule has 0 bridgehead atoms. The van der Waals surface area contributed by atoms with E-state index in [0.717, 1.165) is 11.3 Å². The number of hydrogen-bond donors (Lipinski definition) is 1. The van der Waals surface area contributed by atoms with Gasteiger partial charge >= 0.3 is 12.0 Å². The van der Waals surface area contributed by atoms with Crippen LogP contribution in [0.3, 0.4) is 0 Å². The van der Waals surface area contributed by atoms with Crippen LogP contribution in [0, 0.1) is 17.2 Å². The molecule has 2 aliphatic rings. The van der Waals surface area contributed by atoms with Crippen molar-refractivity contribution < 1.29 is 28.2 Å². The molecule has 1 saturated heterocycles.